The first-order chi connectivity index (χ1) is 13.3. The fourth-order valence-corrected chi connectivity index (χ4v) is 3.55. The summed E-state index contributed by atoms with van der Waals surface area (Å²) in [6.45, 7) is -1.32. The number of fused-ring (bicyclic) bond motifs is 1. The zero-order valence-electron chi connectivity index (χ0n) is 15.0. The Morgan fingerprint density at radius 1 is 1.32 bits per heavy atom. The van der Waals surface area contributed by atoms with Gasteiger partial charge < -0.3 is 19.4 Å². The van der Waals surface area contributed by atoms with Crippen LogP contribution < -0.4 is 4.74 Å². The highest BCUT2D eigenvalue weighted by Gasteiger charge is 2.46. The summed E-state index contributed by atoms with van der Waals surface area (Å²) >= 11 is 0. The number of rotatable bonds is 4. The molecule has 0 aliphatic carbocycles. The summed E-state index contributed by atoms with van der Waals surface area (Å²) in [6, 6.07) is 6.40. The molecule has 8 nitrogen and oxygen atoms in total. The highest BCUT2D eigenvalue weighted by Crippen LogP contribution is 2.27. The molecular formula is C18H18F2N4O4. The molecule has 3 rings (SSSR count). The lowest BCUT2D eigenvalue weighted by Gasteiger charge is -2.51. The summed E-state index contributed by atoms with van der Waals surface area (Å²) in [5.41, 5.74) is 0.243. The smallest absolute Gasteiger partial charge is 0.387 e. The third-order valence-corrected chi connectivity index (χ3v) is 4.85. The van der Waals surface area contributed by atoms with Crippen LogP contribution in [-0.4, -0.2) is 70.9 Å². The van der Waals surface area contributed by atoms with Crippen LogP contribution >= 0.6 is 0 Å². The molecule has 1 aromatic carbocycles. The lowest BCUT2D eigenvalue weighted by atomic mass is 10.0. The van der Waals surface area contributed by atoms with Gasteiger partial charge in [0.25, 0.3) is 5.91 Å². The Bertz CT molecular complexity index is 824. The molecule has 10 heteroatoms. The number of hydrogen-bond donors (Lipinski definition) is 0. The molecule has 2 aliphatic rings. The molecule has 2 heterocycles. The van der Waals surface area contributed by atoms with Crippen LogP contribution in [0.3, 0.4) is 0 Å². The predicted molar refractivity (Wildman–Crippen MR) is 91.0 cm³/mol. The molecule has 0 bridgehead atoms. The van der Waals surface area contributed by atoms with Gasteiger partial charge in [-0.05, 0) is 31.2 Å². The number of ether oxygens (including phenoxy) is 1. The minimum atomic E-state index is -2.96. The average Bonchev–Trinajstić information content (AvgIpc) is 2.65. The monoisotopic (exact) mass is 392 g/mol. The van der Waals surface area contributed by atoms with E-state index in [9.17, 15) is 23.2 Å². The molecule has 2 aliphatic heterocycles. The molecule has 3 amide bonds. The van der Waals surface area contributed by atoms with Gasteiger partial charge in [-0.25, -0.2) is 0 Å². The SMILES string of the molecule is CC1C(=O)N(CC#N)CC2N(C(=O)c3ccc(OC(F)F)cc3)CCC(=O)N12. The van der Waals surface area contributed by atoms with Gasteiger partial charge in [-0.2, -0.15) is 14.0 Å². The van der Waals surface area contributed by atoms with Crippen molar-refractivity contribution in [2.45, 2.75) is 32.2 Å². The van der Waals surface area contributed by atoms with Crippen molar-refractivity contribution in [1.29, 1.82) is 5.26 Å². The van der Waals surface area contributed by atoms with Crippen molar-refractivity contribution in [1.82, 2.24) is 14.7 Å². The average molecular weight is 392 g/mol. The molecule has 0 N–H and O–H groups in total. The molecule has 2 atom stereocenters. The zero-order valence-corrected chi connectivity index (χ0v) is 15.0. The number of alkyl halides is 2. The zero-order chi connectivity index (χ0) is 20.4. The molecule has 2 fully saturated rings. The van der Waals surface area contributed by atoms with Crippen molar-refractivity contribution in [3.8, 4) is 11.8 Å². The second-order valence-corrected chi connectivity index (χ2v) is 6.49. The second-order valence-electron chi connectivity index (χ2n) is 6.49. The molecule has 0 radical (unpaired) electrons. The number of nitriles is 1. The van der Waals surface area contributed by atoms with Gasteiger partial charge in [0.1, 0.15) is 24.5 Å². The largest absolute Gasteiger partial charge is 0.435 e. The van der Waals surface area contributed by atoms with Gasteiger partial charge in [0, 0.05) is 18.5 Å². The number of carbonyl (C=O) groups excluding carboxylic acids is 3. The lowest BCUT2D eigenvalue weighted by molar-refractivity contribution is -0.165. The molecular weight excluding hydrogens is 374 g/mol. The summed E-state index contributed by atoms with van der Waals surface area (Å²) in [5, 5.41) is 8.94. The molecule has 0 saturated carbocycles. The van der Waals surface area contributed by atoms with Crippen LogP contribution in [0.5, 0.6) is 5.75 Å². The number of carbonyl (C=O) groups is 3. The normalized spacial score (nSPS) is 22.2. The molecule has 1 aromatic rings. The van der Waals surface area contributed by atoms with E-state index in [1.54, 1.807) is 6.92 Å². The third-order valence-electron chi connectivity index (χ3n) is 4.85. The van der Waals surface area contributed by atoms with Crippen molar-refractivity contribution < 1.29 is 27.9 Å². The van der Waals surface area contributed by atoms with Crippen molar-refractivity contribution in [2.24, 2.45) is 0 Å². The molecule has 148 valence electrons. The number of amides is 3. The van der Waals surface area contributed by atoms with E-state index in [1.807, 2.05) is 6.07 Å². The maximum Gasteiger partial charge on any atom is 0.387 e. The summed E-state index contributed by atoms with van der Waals surface area (Å²) in [5.74, 6) is -1.04. The van der Waals surface area contributed by atoms with Crippen LogP contribution in [0.4, 0.5) is 8.78 Å². The number of hydrogen-bond acceptors (Lipinski definition) is 5. The Labute approximate surface area is 159 Å². The van der Waals surface area contributed by atoms with Crippen LogP contribution in [0.15, 0.2) is 24.3 Å². The fraction of sp³-hybridized carbons (Fsp3) is 0.444. The van der Waals surface area contributed by atoms with Crippen LogP contribution in [0.1, 0.15) is 23.7 Å². The standard InChI is InChI=1S/C18H18F2N4O4/c1-11-16(26)22(9-7-21)10-14-23(8-6-15(25)24(11)14)17(27)12-2-4-13(5-3-12)28-18(19)20/h2-5,11,14,18H,6,8-10H2,1H3. The summed E-state index contributed by atoms with van der Waals surface area (Å²) in [7, 11) is 0. The van der Waals surface area contributed by atoms with Crippen LogP contribution in [0.25, 0.3) is 0 Å². The molecule has 2 unspecified atom stereocenters. The fourth-order valence-electron chi connectivity index (χ4n) is 3.55. The van der Waals surface area contributed by atoms with Crippen molar-refractivity contribution in [2.75, 3.05) is 19.6 Å². The van der Waals surface area contributed by atoms with Gasteiger partial charge in [-0.1, -0.05) is 0 Å². The van der Waals surface area contributed by atoms with Crippen molar-refractivity contribution >= 4 is 17.7 Å². The van der Waals surface area contributed by atoms with Gasteiger partial charge in [0.05, 0.1) is 12.6 Å². The molecule has 0 spiro atoms. The highest BCUT2D eigenvalue weighted by atomic mass is 19.3. The Balaban J connectivity index is 1.84. The first-order valence-electron chi connectivity index (χ1n) is 8.66. The molecule has 0 aromatic heterocycles. The number of benzene rings is 1. The number of piperazine rings is 1. The Hall–Kier alpha value is -3.22. The minimum absolute atomic E-state index is 0.0425. The van der Waals surface area contributed by atoms with Gasteiger partial charge in [0.2, 0.25) is 11.8 Å². The van der Waals surface area contributed by atoms with Crippen LogP contribution in [-0.2, 0) is 9.59 Å². The maximum absolute atomic E-state index is 13.0. The van der Waals surface area contributed by atoms with E-state index in [2.05, 4.69) is 4.74 Å². The molecule has 28 heavy (non-hydrogen) atoms. The van der Waals surface area contributed by atoms with Gasteiger partial charge in [-0.15, -0.1) is 0 Å². The highest BCUT2D eigenvalue weighted by molar-refractivity contribution is 5.97. The van der Waals surface area contributed by atoms with Gasteiger partial charge in [0.15, 0.2) is 0 Å². The summed E-state index contributed by atoms with van der Waals surface area (Å²) in [4.78, 5) is 41.9. The first kappa shape index (κ1) is 19.5. The third kappa shape index (κ3) is 3.60. The van der Waals surface area contributed by atoms with Gasteiger partial charge >= 0.3 is 6.61 Å². The van der Waals surface area contributed by atoms with Crippen molar-refractivity contribution in [3.63, 3.8) is 0 Å². The van der Waals surface area contributed by atoms with Crippen LogP contribution in [0, 0.1) is 11.3 Å². The van der Waals surface area contributed by atoms with E-state index in [0.717, 1.165) is 0 Å². The van der Waals surface area contributed by atoms with E-state index in [4.69, 9.17) is 5.26 Å². The van der Waals surface area contributed by atoms with E-state index < -0.39 is 24.7 Å². The first-order valence-corrected chi connectivity index (χ1v) is 8.66. The minimum Gasteiger partial charge on any atom is -0.435 e. The van der Waals surface area contributed by atoms with E-state index in [0.29, 0.717) is 0 Å². The Morgan fingerprint density at radius 3 is 2.61 bits per heavy atom. The Kier molecular flexibility index (Phi) is 5.44. The maximum atomic E-state index is 13.0. The van der Waals surface area contributed by atoms with E-state index in [-0.39, 0.29) is 49.2 Å². The quantitative estimate of drug-likeness (QED) is 0.714. The Morgan fingerprint density at radius 2 is 2.00 bits per heavy atom. The lowest BCUT2D eigenvalue weighted by Crippen LogP contribution is -2.70. The topological polar surface area (TPSA) is 94.0 Å². The number of nitrogens with zero attached hydrogens (tertiary/aromatic N) is 4. The predicted octanol–water partition coefficient (Wildman–Crippen LogP) is 1.04. The van der Waals surface area contributed by atoms with Gasteiger partial charge in [-0.3, -0.25) is 14.4 Å². The summed E-state index contributed by atoms with van der Waals surface area (Å²) in [6.07, 6.45) is -0.614. The molecule has 2 saturated heterocycles. The summed E-state index contributed by atoms with van der Waals surface area (Å²) < 4.78 is 28.8. The van der Waals surface area contributed by atoms with Crippen LogP contribution in [0.2, 0.25) is 0 Å². The second kappa shape index (κ2) is 7.80. The van der Waals surface area contributed by atoms with E-state index >= 15 is 0 Å². The number of halogens is 2. The van der Waals surface area contributed by atoms with Crippen molar-refractivity contribution in [3.05, 3.63) is 29.8 Å². The van der Waals surface area contributed by atoms with E-state index in [1.165, 1.54) is 39.0 Å².